The fourth-order valence-corrected chi connectivity index (χ4v) is 2.17. The molecule has 0 saturated heterocycles. The van der Waals surface area contributed by atoms with Gasteiger partial charge in [-0.25, -0.2) is 13.2 Å². The summed E-state index contributed by atoms with van der Waals surface area (Å²) in [7, 11) is -3.14. The van der Waals surface area contributed by atoms with Crippen molar-refractivity contribution in [2.45, 2.75) is 58.2 Å². The van der Waals surface area contributed by atoms with Crippen molar-refractivity contribution in [3.63, 3.8) is 0 Å². The van der Waals surface area contributed by atoms with E-state index in [2.05, 4.69) is 5.32 Å². The molecule has 6 heteroatoms. The van der Waals surface area contributed by atoms with Crippen LogP contribution in [0.2, 0.25) is 0 Å². The molecule has 0 radical (unpaired) electrons. The lowest BCUT2D eigenvalue weighted by atomic mass is 10.1. The Morgan fingerprint density at radius 1 is 1.11 bits per heavy atom. The Morgan fingerprint density at radius 3 is 2.00 bits per heavy atom. The van der Waals surface area contributed by atoms with Crippen LogP contribution in [0.15, 0.2) is 0 Å². The molecule has 0 bridgehead atoms. The number of hydrogen-bond acceptors (Lipinski definition) is 4. The van der Waals surface area contributed by atoms with Gasteiger partial charge in [0, 0.05) is 5.54 Å². The van der Waals surface area contributed by atoms with Gasteiger partial charge in [0.05, 0.1) is 17.1 Å². The van der Waals surface area contributed by atoms with Crippen LogP contribution >= 0.6 is 0 Å². The fourth-order valence-electron chi connectivity index (χ4n) is 1.06. The average Bonchev–Trinajstić information content (AvgIpc) is 2.07. The van der Waals surface area contributed by atoms with Crippen molar-refractivity contribution in [2.75, 3.05) is 12.4 Å². The summed E-state index contributed by atoms with van der Waals surface area (Å²) in [6.07, 6.45) is -0.201. The van der Waals surface area contributed by atoms with E-state index in [0.717, 1.165) is 0 Å². The first-order valence-corrected chi connectivity index (χ1v) is 7.68. The van der Waals surface area contributed by atoms with Crippen LogP contribution in [0.4, 0.5) is 4.79 Å². The van der Waals surface area contributed by atoms with Crippen LogP contribution in [-0.4, -0.2) is 37.2 Å². The van der Waals surface area contributed by atoms with Crippen LogP contribution < -0.4 is 5.32 Å². The molecule has 0 rings (SSSR count). The highest BCUT2D eigenvalue weighted by atomic mass is 32.2. The SMILES string of the molecule is CC(C)(C)NC(=O)OCCCS(=O)(=O)C(C)(C)C. The Bertz CT molecular complexity index is 374. The van der Waals surface area contributed by atoms with Gasteiger partial charge in [-0.3, -0.25) is 0 Å². The zero-order chi connectivity index (χ0) is 14.6. The molecule has 0 aromatic rings. The molecule has 0 heterocycles. The summed E-state index contributed by atoms with van der Waals surface area (Å²) in [6.45, 7) is 10.6. The maximum absolute atomic E-state index is 11.8. The highest BCUT2D eigenvalue weighted by Crippen LogP contribution is 2.16. The molecule has 0 atom stereocenters. The molecule has 0 fully saturated rings. The smallest absolute Gasteiger partial charge is 0.407 e. The standard InChI is InChI=1S/C12H25NO4S/c1-11(2,3)13-10(14)17-8-7-9-18(15,16)12(4,5)6/h7-9H2,1-6H3,(H,13,14). The minimum atomic E-state index is -3.14. The highest BCUT2D eigenvalue weighted by molar-refractivity contribution is 7.92. The van der Waals surface area contributed by atoms with Crippen molar-refractivity contribution in [1.29, 1.82) is 0 Å². The zero-order valence-electron chi connectivity index (χ0n) is 12.2. The fraction of sp³-hybridized carbons (Fsp3) is 0.917. The van der Waals surface area contributed by atoms with E-state index in [1.807, 2.05) is 20.8 Å². The summed E-state index contributed by atoms with van der Waals surface area (Å²) >= 11 is 0. The summed E-state index contributed by atoms with van der Waals surface area (Å²) in [5.41, 5.74) is -0.353. The number of amides is 1. The number of carbonyl (C=O) groups excluding carboxylic acids is 1. The predicted octanol–water partition coefficient (Wildman–Crippen LogP) is 2.11. The summed E-state index contributed by atoms with van der Waals surface area (Å²) < 4.78 is 27.7. The lowest BCUT2D eigenvalue weighted by Gasteiger charge is -2.21. The number of sulfone groups is 1. The lowest BCUT2D eigenvalue weighted by molar-refractivity contribution is 0.138. The Kier molecular flexibility index (Phi) is 5.65. The quantitative estimate of drug-likeness (QED) is 0.800. The first kappa shape index (κ1) is 17.2. The maximum atomic E-state index is 11.8. The summed E-state index contributed by atoms with van der Waals surface area (Å²) in [5, 5.41) is 2.64. The van der Waals surface area contributed by atoms with Gasteiger partial charge in [-0.2, -0.15) is 0 Å². The van der Waals surface area contributed by atoms with Gasteiger partial charge in [-0.15, -0.1) is 0 Å². The van der Waals surface area contributed by atoms with Crippen LogP contribution in [0.3, 0.4) is 0 Å². The predicted molar refractivity (Wildman–Crippen MR) is 72.4 cm³/mol. The van der Waals surface area contributed by atoms with E-state index >= 15 is 0 Å². The molecular weight excluding hydrogens is 254 g/mol. The maximum Gasteiger partial charge on any atom is 0.407 e. The second-order valence-electron chi connectivity index (χ2n) is 6.30. The third kappa shape index (κ3) is 6.83. The number of rotatable bonds is 4. The molecule has 0 aromatic heterocycles. The van der Waals surface area contributed by atoms with Crippen molar-refractivity contribution < 1.29 is 17.9 Å². The molecule has 1 amide bonds. The second-order valence-corrected chi connectivity index (χ2v) is 9.16. The lowest BCUT2D eigenvalue weighted by Crippen LogP contribution is -2.41. The summed E-state index contributed by atoms with van der Waals surface area (Å²) in [5.74, 6) is 0.0271. The largest absolute Gasteiger partial charge is 0.450 e. The number of ether oxygens (including phenoxy) is 1. The van der Waals surface area contributed by atoms with Crippen molar-refractivity contribution in [2.24, 2.45) is 0 Å². The van der Waals surface area contributed by atoms with Crippen LogP contribution in [0.5, 0.6) is 0 Å². The Hall–Kier alpha value is -0.780. The topological polar surface area (TPSA) is 72.5 Å². The summed E-state index contributed by atoms with van der Waals surface area (Å²) in [6, 6.07) is 0. The second kappa shape index (κ2) is 5.91. The Labute approximate surface area is 110 Å². The molecule has 0 aliphatic heterocycles. The van der Waals surface area contributed by atoms with Gasteiger partial charge in [-0.05, 0) is 48.0 Å². The monoisotopic (exact) mass is 279 g/mol. The van der Waals surface area contributed by atoms with Gasteiger partial charge in [0.25, 0.3) is 0 Å². The van der Waals surface area contributed by atoms with E-state index < -0.39 is 20.7 Å². The normalized spacial score (nSPS) is 13.2. The third-order valence-corrected chi connectivity index (χ3v) is 4.89. The molecule has 5 nitrogen and oxygen atoms in total. The molecule has 108 valence electrons. The van der Waals surface area contributed by atoms with Crippen molar-refractivity contribution in [3.8, 4) is 0 Å². The molecule has 0 aliphatic rings. The van der Waals surface area contributed by atoms with Gasteiger partial charge >= 0.3 is 6.09 Å². The molecule has 0 spiro atoms. The minimum Gasteiger partial charge on any atom is -0.450 e. The third-order valence-electron chi connectivity index (χ3n) is 2.20. The molecule has 0 aromatic carbocycles. The van der Waals surface area contributed by atoms with Crippen molar-refractivity contribution in [3.05, 3.63) is 0 Å². The van der Waals surface area contributed by atoms with Crippen LogP contribution in [0.1, 0.15) is 48.0 Å². The average molecular weight is 279 g/mol. The highest BCUT2D eigenvalue weighted by Gasteiger charge is 2.28. The van der Waals surface area contributed by atoms with E-state index in [0.29, 0.717) is 6.42 Å². The number of carbonyl (C=O) groups is 1. The van der Waals surface area contributed by atoms with Gasteiger partial charge in [0.1, 0.15) is 0 Å². The van der Waals surface area contributed by atoms with Crippen molar-refractivity contribution >= 4 is 15.9 Å². The van der Waals surface area contributed by atoms with E-state index in [4.69, 9.17) is 4.74 Å². The van der Waals surface area contributed by atoms with Gasteiger partial charge in [0.15, 0.2) is 9.84 Å². The molecule has 0 saturated carbocycles. The Balaban J connectivity index is 4.00. The van der Waals surface area contributed by atoms with Crippen molar-refractivity contribution in [1.82, 2.24) is 5.32 Å². The van der Waals surface area contributed by atoms with E-state index in [1.54, 1.807) is 20.8 Å². The summed E-state index contributed by atoms with van der Waals surface area (Å²) in [4.78, 5) is 11.3. The number of nitrogens with one attached hydrogen (secondary N) is 1. The minimum absolute atomic E-state index is 0.0271. The van der Waals surface area contributed by atoms with E-state index in [-0.39, 0.29) is 17.9 Å². The first-order valence-electron chi connectivity index (χ1n) is 6.02. The van der Waals surface area contributed by atoms with Gasteiger partial charge in [-0.1, -0.05) is 0 Å². The van der Waals surface area contributed by atoms with E-state index in [1.165, 1.54) is 0 Å². The Morgan fingerprint density at radius 2 is 1.61 bits per heavy atom. The van der Waals surface area contributed by atoms with Gasteiger partial charge in [0.2, 0.25) is 0 Å². The molecule has 1 N–H and O–H groups in total. The molecule has 0 unspecified atom stereocenters. The van der Waals surface area contributed by atoms with E-state index in [9.17, 15) is 13.2 Å². The zero-order valence-corrected chi connectivity index (χ0v) is 13.0. The van der Waals surface area contributed by atoms with Crippen LogP contribution in [-0.2, 0) is 14.6 Å². The van der Waals surface area contributed by atoms with Crippen LogP contribution in [0, 0.1) is 0 Å². The number of alkyl carbamates (subject to hydrolysis) is 1. The molecule has 18 heavy (non-hydrogen) atoms. The number of hydrogen-bond donors (Lipinski definition) is 1. The van der Waals surface area contributed by atoms with Crippen LogP contribution in [0.25, 0.3) is 0 Å². The first-order chi connectivity index (χ1) is 7.85. The molecular formula is C12H25NO4S. The van der Waals surface area contributed by atoms with Gasteiger partial charge < -0.3 is 10.1 Å². The molecule has 0 aliphatic carbocycles.